The Kier molecular flexibility index (Phi) is 4.84. The predicted molar refractivity (Wildman–Crippen MR) is 89.5 cm³/mol. The number of hydrogen-bond donors (Lipinski definition) is 0. The number of rotatable bonds is 6. The Balaban J connectivity index is 1.73. The van der Waals surface area contributed by atoms with E-state index in [1.807, 2.05) is 24.3 Å². The monoisotopic (exact) mass is 328 g/mol. The summed E-state index contributed by atoms with van der Waals surface area (Å²) in [5.41, 5.74) is 1.57. The molecule has 0 saturated carbocycles. The van der Waals surface area contributed by atoms with Crippen LogP contribution in [0.25, 0.3) is 0 Å². The zero-order chi connectivity index (χ0) is 16.9. The number of aromatic nitrogens is 1. The summed E-state index contributed by atoms with van der Waals surface area (Å²) in [6.07, 6.45) is 1.55. The Morgan fingerprint density at radius 3 is 2.75 bits per heavy atom. The average Bonchev–Trinajstić information content (AvgIpc) is 3.08. The molecule has 0 amide bonds. The van der Waals surface area contributed by atoms with E-state index in [1.165, 1.54) is 0 Å². The molecule has 1 aromatic heterocycles. The van der Waals surface area contributed by atoms with Crippen molar-refractivity contribution in [3.63, 3.8) is 0 Å². The fourth-order valence-electron chi connectivity index (χ4n) is 2.52. The van der Waals surface area contributed by atoms with E-state index in [0.29, 0.717) is 18.7 Å². The van der Waals surface area contributed by atoms with E-state index in [0.717, 1.165) is 29.4 Å². The second-order valence-electron chi connectivity index (χ2n) is 5.33. The van der Waals surface area contributed by atoms with Crippen molar-refractivity contribution in [2.45, 2.75) is 20.4 Å². The van der Waals surface area contributed by atoms with Crippen LogP contribution in [0.2, 0.25) is 0 Å². The number of nitrogens with zero attached hydrogens (tertiary/aromatic N) is 2. The van der Waals surface area contributed by atoms with Crippen molar-refractivity contribution in [2.24, 2.45) is 0 Å². The maximum atomic E-state index is 11.7. The summed E-state index contributed by atoms with van der Waals surface area (Å²) >= 11 is 0. The van der Waals surface area contributed by atoms with Crippen LogP contribution < -0.4 is 14.4 Å². The minimum atomic E-state index is -0.352. The Morgan fingerprint density at radius 1 is 1.21 bits per heavy atom. The van der Waals surface area contributed by atoms with Crippen molar-refractivity contribution in [3.8, 4) is 11.5 Å². The smallest absolute Gasteiger partial charge is 0.339 e. The van der Waals surface area contributed by atoms with Crippen molar-refractivity contribution in [1.29, 1.82) is 0 Å². The van der Waals surface area contributed by atoms with Gasteiger partial charge in [-0.05, 0) is 43.7 Å². The lowest BCUT2D eigenvalue weighted by atomic mass is 10.2. The largest absolute Gasteiger partial charge is 0.462 e. The van der Waals surface area contributed by atoms with E-state index < -0.39 is 0 Å². The molecule has 0 aliphatic carbocycles. The maximum absolute atomic E-state index is 11.7. The molecule has 0 radical (unpaired) electrons. The molecule has 0 atom stereocenters. The number of carbonyl (C=O) groups is 1. The Hall–Kier alpha value is -2.76. The van der Waals surface area contributed by atoms with E-state index in [2.05, 4.69) is 16.8 Å². The molecule has 0 N–H and O–H groups in total. The number of pyridine rings is 1. The van der Waals surface area contributed by atoms with Crippen LogP contribution in [0.3, 0.4) is 0 Å². The van der Waals surface area contributed by atoms with E-state index in [4.69, 9.17) is 14.2 Å². The third-order valence-corrected chi connectivity index (χ3v) is 3.78. The van der Waals surface area contributed by atoms with Crippen molar-refractivity contribution in [3.05, 3.63) is 47.7 Å². The number of fused-ring (bicyclic) bond motifs is 1. The van der Waals surface area contributed by atoms with Gasteiger partial charge in [-0.15, -0.1) is 0 Å². The lowest BCUT2D eigenvalue weighted by Gasteiger charge is -2.22. The van der Waals surface area contributed by atoms with Gasteiger partial charge < -0.3 is 19.1 Å². The van der Waals surface area contributed by atoms with Gasteiger partial charge in [-0.25, -0.2) is 9.78 Å². The summed E-state index contributed by atoms with van der Waals surface area (Å²) in [6, 6.07) is 9.50. The molecule has 126 valence electrons. The van der Waals surface area contributed by atoms with Gasteiger partial charge in [0.15, 0.2) is 11.5 Å². The van der Waals surface area contributed by atoms with Gasteiger partial charge in [0.25, 0.3) is 0 Å². The molecule has 2 heterocycles. The van der Waals surface area contributed by atoms with Crippen LogP contribution in [0.4, 0.5) is 5.82 Å². The third kappa shape index (κ3) is 3.42. The van der Waals surface area contributed by atoms with Gasteiger partial charge in [0.1, 0.15) is 5.82 Å². The first-order valence-corrected chi connectivity index (χ1v) is 7.98. The van der Waals surface area contributed by atoms with E-state index in [-0.39, 0.29) is 12.8 Å². The fourth-order valence-corrected chi connectivity index (χ4v) is 2.52. The highest BCUT2D eigenvalue weighted by Crippen LogP contribution is 2.33. The molecule has 0 bridgehead atoms. The van der Waals surface area contributed by atoms with Crippen LogP contribution in [0, 0.1) is 0 Å². The molecule has 0 spiro atoms. The number of benzene rings is 1. The first-order chi connectivity index (χ1) is 11.7. The number of anilines is 1. The minimum absolute atomic E-state index is 0.271. The quantitative estimate of drug-likeness (QED) is 0.760. The van der Waals surface area contributed by atoms with Crippen molar-refractivity contribution >= 4 is 11.8 Å². The molecule has 2 aromatic rings. The van der Waals surface area contributed by atoms with Crippen LogP contribution in [-0.2, 0) is 11.3 Å². The molecule has 6 heteroatoms. The number of carbonyl (C=O) groups excluding carboxylic acids is 1. The standard InChI is InChI=1S/C18H20N2O4/c1-3-20(11-13-5-7-15-16(9-13)24-12-23-15)17-8-6-14(10-19-17)18(21)22-4-2/h5-10H,3-4,11-12H2,1-2H3. The highest BCUT2D eigenvalue weighted by molar-refractivity contribution is 5.89. The normalized spacial score (nSPS) is 12.1. The van der Waals surface area contributed by atoms with E-state index >= 15 is 0 Å². The summed E-state index contributed by atoms with van der Waals surface area (Å²) in [7, 11) is 0. The molecular weight excluding hydrogens is 308 g/mol. The molecule has 6 nitrogen and oxygen atoms in total. The Bertz CT molecular complexity index is 715. The molecule has 1 aliphatic rings. The zero-order valence-corrected chi connectivity index (χ0v) is 13.8. The Labute approximate surface area is 141 Å². The Morgan fingerprint density at radius 2 is 2.04 bits per heavy atom. The third-order valence-electron chi connectivity index (χ3n) is 3.78. The fraction of sp³-hybridized carbons (Fsp3) is 0.333. The summed E-state index contributed by atoms with van der Waals surface area (Å²) in [5, 5.41) is 0. The van der Waals surface area contributed by atoms with Crippen LogP contribution >= 0.6 is 0 Å². The first kappa shape index (κ1) is 16.1. The molecular formula is C18H20N2O4. The maximum Gasteiger partial charge on any atom is 0.339 e. The van der Waals surface area contributed by atoms with Crippen molar-refractivity contribution in [1.82, 2.24) is 4.98 Å². The SMILES string of the molecule is CCOC(=O)c1ccc(N(CC)Cc2ccc3c(c2)OCO3)nc1. The lowest BCUT2D eigenvalue weighted by Crippen LogP contribution is -2.23. The predicted octanol–water partition coefficient (Wildman–Crippen LogP) is 3.01. The van der Waals surface area contributed by atoms with E-state index in [1.54, 1.807) is 19.2 Å². The average molecular weight is 328 g/mol. The number of esters is 1. The van der Waals surface area contributed by atoms with Crippen molar-refractivity contribution < 1.29 is 19.0 Å². The van der Waals surface area contributed by atoms with Gasteiger partial charge in [-0.1, -0.05) is 6.07 Å². The second kappa shape index (κ2) is 7.21. The number of ether oxygens (including phenoxy) is 3. The zero-order valence-electron chi connectivity index (χ0n) is 13.8. The molecule has 0 unspecified atom stereocenters. The second-order valence-corrected chi connectivity index (χ2v) is 5.33. The van der Waals surface area contributed by atoms with Gasteiger partial charge in [0.2, 0.25) is 6.79 Å². The highest BCUT2D eigenvalue weighted by Gasteiger charge is 2.15. The van der Waals surface area contributed by atoms with Gasteiger partial charge in [-0.3, -0.25) is 0 Å². The molecule has 1 aromatic carbocycles. The van der Waals surface area contributed by atoms with Crippen LogP contribution in [0.1, 0.15) is 29.8 Å². The molecule has 24 heavy (non-hydrogen) atoms. The molecule has 0 saturated heterocycles. The summed E-state index contributed by atoms with van der Waals surface area (Å²) in [6.45, 7) is 5.95. The lowest BCUT2D eigenvalue weighted by molar-refractivity contribution is 0.0526. The van der Waals surface area contributed by atoms with Crippen molar-refractivity contribution in [2.75, 3.05) is 24.8 Å². The highest BCUT2D eigenvalue weighted by atomic mass is 16.7. The van der Waals surface area contributed by atoms with E-state index in [9.17, 15) is 4.79 Å². The topological polar surface area (TPSA) is 60.9 Å². The minimum Gasteiger partial charge on any atom is -0.462 e. The van der Waals surface area contributed by atoms with Gasteiger partial charge in [-0.2, -0.15) is 0 Å². The summed E-state index contributed by atoms with van der Waals surface area (Å²) in [4.78, 5) is 18.2. The molecule has 1 aliphatic heterocycles. The van der Waals surface area contributed by atoms with Crippen LogP contribution in [-0.4, -0.2) is 30.9 Å². The first-order valence-electron chi connectivity index (χ1n) is 7.98. The van der Waals surface area contributed by atoms with Crippen LogP contribution in [0.5, 0.6) is 11.5 Å². The summed E-state index contributed by atoms with van der Waals surface area (Å²) < 4.78 is 15.7. The van der Waals surface area contributed by atoms with Gasteiger partial charge in [0.05, 0.1) is 12.2 Å². The molecule has 0 fully saturated rings. The van der Waals surface area contributed by atoms with Crippen LogP contribution in [0.15, 0.2) is 36.5 Å². The summed E-state index contributed by atoms with van der Waals surface area (Å²) in [5.74, 6) is 2.01. The number of hydrogen-bond acceptors (Lipinski definition) is 6. The molecule has 3 rings (SSSR count). The van der Waals surface area contributed by atoms with Gasteiger partial charge in [0, 0.05) is 19.3 Å². The van der Waals surface area contributed by atoms with Gasteiger partial charge >= 0.3 is 5.97 Å².